The zero-order valence-corrected chi connectivity index (χ0v) is 20.9. The number of carbonyl (C=O) groups is 3. The Bertz CT molecular complexity index is 1580. The van der Waals surface area contributed by atoms with Crippen LogP contribution < -0.4 is 15.0 Å². The van der Waals surface area contributed by atoms with Gasteiger partial charge in [-0.15, -0.1) is 0 Å². The minimum atomic E-state index is -0.772. The summed E-state index contributed by atoms with van der Waals surface area (Å²) >= 11 is 0. The molecule has 1 saturated heterocycles. The molecule has 1 aliphatic heterocycles. The fourth-order valence-corrected chi connectivity index (χ4v) is 4.63. The van der Waals surface area contributed by atoms with Crippen molar-refractivity contribution < 1.29 is 19.1 Å². The standard InChI is InChI=1S/C31H26N2O4/c1-19-7-6-8-22(14-19)18-37-28-12-11-23-9-4-5-10-25(23)26(28)17-27-29(34)32-31(36)33(30(27)35)24-15-20(2)13-21(3)16-24/h4-17H,18H2,1-3H3,(H,32,34,36)/b27-17+. The average Bonchev–Trinajstić information content (AvgIpc) is 2.85. The van der Waals surface area contributed by atoms with E-state index in [0.717, 1.165) is 37.9 Å². The lowest BCUT2D eigenvalue weighted by Gasteiger charge is -2.27. The first-order chi connectivity index (χ1) is 17.8. The van der Waals surface area contributed by atoms with E-state index in [9.17, 15) is 14.4 Å². The number of hydrogen-bond donors (Lipinski definition) is 1. The van der Waals surface area contributed by atoms with E-state index in [0.29, 0.717) is 23.6 Å². The monoisotopic (exact) mass is 490 g/mol. The van der Waals surface area contributed by atoms with Crippen molar-refractivity contribution >= 4 is 40.4 Å². The molecule has 5 rings (SSSR count). The van der Waals surface area contributed by atoms with Crippen molar-refractivity contribution in [2.75, 3.05) is 4.90 Å². The second-order valence-electron chi connectivity index (χ2n) is 9.28. The van der Waals surface area contributed by atoms with E-state index in [2.05, 4.69) is 5.32 Å². The molecule has 0 spiro atoms. The van der Waals surface area contributed by atoms with Gasteiger partial charge in [-0.1, -0.05) is 66.2 Å². The van der Waals surface area contributed by atoms with Gasteiger partial charge in [-0.25, -0.2) is 9.69 Å². The number of amides is 4. The van der Waals surface area contributed by atoms with Crippen LogP contribution >= 0.6 is 0 Å². The van der Waals surface area contributed by atoms with E-state index in [1.807, 2.05) is 87.5 Å². The number of urea groups is 1. The molecule has 4 amide bonds. The van der Waals surface area contributed by atoms with Crippen molar-refractivity contribution in [1.29, 1.82) is 0 Å². The summed E-state index contributed by atoms with van der Waals surface area (Å²) < 4.78 is 6.19. The van der Waals surface area contributed by atoms with E-state index in [1.54, 1.807) is 12.1 Å². The summed E-state index contributed by atoms with van der Waals surface area (Å²) in [7, 11) is 0. The van der Waals surface area contributed by atoms with Crippen LogP contribution in [0.4, 0.5) is 10.5 Å². The van der Waals surface area contributed by atoms with E-state index in [-0.39, 0.29) is 5.57 Å². The van der Waals surface area contributed by atoms with Crippen LogP contribution in [0.25, 0.3) is 16.8 Å². The lowest BCUT2D eigenvalue weighted by atomic mass is 9.99. The molecule has 37 heavy (non-hydrogen) atoms. The fourth-order valence-electron chi connectivity index (χ4n) is 4.63. The highest BCUT2D eigenvalue weighted by atomic mass is 16.5. The zero-order chi connectivity index (χ0) is 26.1. The molecule has 4 aromatic rings. The van der Waals surface area contributed by atoms with Crippen LogP contribution in [0.2, 0.25) is 0 Å². The van der Waals surface area contributed by atoms with Crippen molar-refractivity contribution in [1.82, 2.24) is 5.32 Å². The number of rotatable bonds is 5. The van der Waals surface area contributed by atoms with Crippen molar-refractivity contribution in [3.05, 3.63) is 112 Å². The molecule has 0 unspecified atom stereocenters. The molecule has 1 fully saturated rings. The summed E-state index contributed by atoms with van der Waals surface area (Å²) in [5.41, 5.74) is 4.80. The Balaban J connectivity index is 1.59. The maximum Gasteiger partial charge on any atom is 0.335 e. The van der Waals surface area contributed by atoms with Gasteiger partial charge in [-0.05, 0) is 72.5 Å². The van der Waals surface area contributed by atoms with Gasteiger partial charge in [-0.3, -0.25) is 14.9 Å². The Morgan fingerprint density at radius 3 is 2.32 bits per heavy atom. The molecule has 1 aliphatic rings. The number of nitrogens with one attached hydrogen (secondary N) is 1. The first-order valence-electron chi connectivity index (χ1n) is 12.0. The number of hydrogen-bond acceptors (Lipinski definition) is 4. The lowest BCUT2D eigenvalue weighted by Crippen LogP contribution is -2.54. The quantitative estimate of drug-likeness (QED) is 0.275. The number of ether oxygens (including phenoxy) is 1. The molecule has 0 atom stereocenters. The summed E-state index contributed by atoms with van der Waals surface area (Å²) in [6.45, 7) is 6.12. The number of nitrogens with zero attached hydrogens (tertiary/aromatic N) is 1. The number of benzene rings is 4. The van der Waals surface area contributed by atoms with Crippen molar-refractivity contribution in [3.8, 4) is 5.75 Å². The largest absolute Gasteiger partial charge is 0.488 e. The van der Waals surface area contributed by atoms with Crippen LogP contribution in [-0.2, 0) is 16.2 Å². The first kappa shape index (κ1) is 24.0. The molecular formula is C31H26N2O4. The van der Waals surface area contributed by atoms with Crippen molar-refractivity contribution in [2.45, 2.75) is 27.4 Å². The van der Waals surface area contributed by atoms with Crippen LogP contribution in [0.15, 0.2) is 84.4 Å². The molecule has 1 heterocycles. The predicted octanol–water partition coefficient (Wildman–Crippen LogP) is 6.01. The van der Waals surface area contributed by atoms with Gasteiger partial charge in [0.1, 0.15) is 17.9 Å². The van der Waals surface area contributed by atoms with E-state index < -0.39 is 17.8 Å². The highest BCUT2D eigenvalue weighted by Gasteiger charge is 2.37. The molecular weight excluding hydrogens is 464 g/mol. The molecule has 1 N–H and O–H groups in total. The Kier molecular flexibility index (Phi) is 6.32. The molecule has 0 bridgehead atoms. The van der Waals surface area contributed by atoms with Crippen LogP contribution in [0.1, 0.15) is 27.8 Å². The molecule has 0 radical (unpaired) electrons. The lowest BCUT2D eigenvalue weighted by molar-refractivity contribution is -0.122. The van der Waals surface area contributed by atoms with Gasteiger partial charge in [0, 0.05) is 5.56 Å². The number of fused-ring (bicyclic) bond motifs is 1. The molecule has 6 heteroatoms. The summed E-state index contributed by atoms with van der Waals surface area (Å²) in [4.78, 5) is 40.2. The molecule has 0 aliphatic carbocycles. The zero-order valence-electron chi connectivity index (χ0n) is 20.9. The summed E-state index contributed by atoms with van der Waals surface area (Å²) in [5.74, 6) is -0.896. The van der Waals surface area contributed by atoms with Gasteiger partial charge < -0.3 is 4.74 Å². The first-order valence-corrected chi connectivity index (χ1v) is 12.0. The van der Waals surface area contributed by atoms with Gasteiger partial charge in [0.25, 0.3) is 11.8 Å². The topological polar surface area (TPSA) is 75.7 Å². The number of aryl methyl sites for hydroxylation is 3. The van der Waals surface area contributed by atoms with Gasteiger partial charge >= 0.3 is 6.03 Å². The minimum Gasteiger partial charge on any atom is -0.488 e. The van der Waals surface area contributed by atoms with E-state index in [1.165, 1.54) is 6.08 Å². The third-order valence-electron chi connectivity index (χ3n) is 6.26. The van der Waals surface area contributed by atoms with Gasteiger partial charge in [0.15, 0.2) is 0 Å². The molecule has 4 aromatic carbocycles. The molecule has 0 saturated carbocycles. The third kappa shape index (κ3) is 4.86. The normalized spacial score (nSPS) is 14.8. The second kappa shape index (κ2) is 9.74. The highest BCUT2D eigenvalue weighted by molar-refractivity contribution is 6.39. The molecule has 184 valence electrons. The Morgan fingerprint density at radius 1 is 0.811 bits per heavy atom. The van der Waals surface area contributed by atoms with Crippen LogP contribution in [0.3, 0.4) is 0 Å². The molecule has 0 aromatic heterocycles. The Morgan fingerprint density at radius 2 is 1.57 bits per heavy atom. The maximum atomic E-state index is 13.6. The van der Waals surface area contributed by atoms with Gasteiger partial charge in [-0.2, -0.15) is 0 Å². The van der Waals surface area contributed by atoms with E-state index in [4.69, 9.17) is 4.74 Å². The van der Waals surface area contributed by atoms with Gasteiger partial charge in [0.05, 0.1) is 5.69 Å². The smallest absolute Gasteiger partial charge is 0.335 e. The highest BCUT2D eigenvalue weighted by Crippen LogP contribution is 2.32. The van der Waals surface area contributed by atoms with Crippen LogP contribution in [0.5, 0.6) is 5.75 Å². The number of barbiturate groups is 1. The summed E-state index contributed by atoms with van der Waals surface area (Å²) in [6, 6.07) is 24.1. The van der Waals surface area contributed by atoms with Crippen molar-refractivity contribution in [3.63, 3.8) is 0 Å². The summed E-state index contributed by atoms with van der Waals surface area (Å²) in [5, 5.41) is 4.08. The van der Waals surface area contributed by atoms with Crippen LogP contribution in [-0.4, -0.2) is 17.8 Å². The van der Waals surface area contributed by atoms with E-state index >= 15 is 0 Å². The molecule has 6 nitrogen and oxygen atoms in total. The SMILES string of the molecule is Cc1cccc(COc2ccc3ccccc3c2/C=C2\C(=O)NC(=O)N(c3cc(C)cc(C)c3)C2=O)c1. The third-order valence-corrected chi connectivity index (χ3v) is 6.26. The fraction of sp³-hybridized carbons (Fsp3) is 0.129. The van der Waals surface area contributed by atoms with Crippen LogP contribution in [0, 0.1) is 20.8 Å². The maximum absolute atomic E-state index is 13.6. The Hall–Kier alpha value is -4.71. The van der Waals surface area contributed by atoms with Gasteiger partial charge in [0.2, 0.25) is 0 Å². The summed E-state index contributed by atoms with van der Waals surface area (Å²) in [6.07, 6.45) is 1.52. The number of carbonyl (C=O) groups excluding carboxylic acids is 3. The van der Waals surface area contributed by atoms with Crippen molar-refractivity contribution in [2.24, 2.45) is 0 Å². The predicted molar refractivity (Wildman–Crippen MR) is 144 cm³/mol. The average molecular weight is 491 g/mol. The Labute approximate surface area is 215 Å². The second-order valence-corrected chi connectivity index (χ2v) is 9.28. The number of imide groups is 2. The number of anilines is 1. The minimum absolute atomic E-state index is 0.143.